The standard InChI is InChI=1S/C14H28N2O2/c1-11-7-15-14(2,12-5-6-12)10-16(11)8-13(18-4)9-17-3/h11-13,15H,5-10H2,1-4H3. The van der Waals surface area contributed by atoms with Gasteiger partial charge >= 0.3 is 0 Å². The number of nitrogens with one attached hydrogen (secondary N) is 1. The van der Waals surface area contributed by atoms with E-state index < -0.39 is 0 Å². The maximum absolute atomic E-state index is 5.50. The second-order valence-corrected chi connectivity index (χ2v) is 6.16. The molecule has 1 saturated carbocycles. The molecule has 1 aliphatic carbocycles. The van der Waals surface area contributed by atoms with Crippen molar-refractivity contribution in [3.63, 3.8) is 0 Å². The number of rotatable bonds is 6. The smallest absolute Gasteiger partial charge is 0.0931 e. The van der Waals surface area contributed by atoms with Gasteiger partial charge in [-0.25, -0.2) is 0 Å². The Labute approximate surface area is 111 Å². The van der Waals surface area contributed by atoms with Crippen molar-refractivity contribution < 1.29 is 9.47 Å². The average molecular weight is 256 g/mol. The maximum Gasteiger partial charge on any atom is 0.0931 e. The van der Waals surface area contributed by atoms with Crippen molar-refractivity contribution in [1.82, 2.24) is 10.2 Å². The van der Waals surface area contributed by atoms with E-state index in [4.69, 9.17) is 9.47 Å². The van der Waals surface area contributed by atoms with E-state index in [-0.39, 0.29) is 6.10 Å². The molecule has 1 heterocycles. The third-order valence-electron chi connectivity index (χ3n) is 4.56. The first-order chi connectivity index (χ1) is 8.59. The van der Waals surface area contributed by atoms with Crippen LogP contribution in [0.25, 0.3) is 0 Å². The fraction of sp³-hybridized carbons (Fsp3) is 1.00. The molecule has 0 bridgehead atoms. The molecule has 0 aromatic heterocycles. The van der Waals surface area contributed by atoms with Gasteiger partial charge in [0, 0.05) is 45.4 Å². The minimum absolute atomic E-state index is 0.180. The van der Waals surface area contributed by atoms with Crippen LogP contribution < -0.4 is 5.32 Å². The van der Waals surface area contributed by atoms with E-state index in [1.807, 2.05) is 0 Å². The van der Waals surface area contributed by atoms with E-state index in [1.165, 1.54) is 12.8 Å². The highest BCUT2D eigenvalue weighted by atomic mass is 16.5. The fourth-order valence-electron chi connectivity index (χ4n) is 3.02. The second-order valence-electron chi connectivity index (χ2n) is 6.16. The predicted octanol–water partition coefficient (Wildman–Crippen LogP) is 1.11. The number of hydrogen-bond acceptors (Lipinski definition) is 4. The number of nitrogens with zero attached hydrogens (tertiary/aromatic N) is 1. The highest BCUT2D eigenvalue weighted by Crippen LogP contribution is 2.41. The Morgan fingerprint density at radius 1 is 1.39 bits per heavy atom. The predicted molar refractivity (Wildman–Crippen MR) is 72.8 cm³/mol. The monoisotopic (exact) mass is 256 g/mol. The Morgan fingerprint density at radius 2 is 2.11 bits per heavy atom. The summed E-state index contributed by atoms with van der Waals surface area (Å²) >= 11 is 0. The normalized spacial score (nSPS) is 35.7. The number of hydrogen-bond donors (Lipinski definition) is 1. The van der Waals surface area contributed by atoms with Crippen LogP contribution in [0.3, 0.4) is 0 Å². The van der Waals surface area contributed by atoms with Crippen molar-refractivity contribution in [2.75, 3.05) is 40.5 Å². The molecule has 0 aromatic carbocycles. The molecule has 2 aliphatic rings. The van der Waals surface area contributed by atoms with Crippen molar-refractivity contribution in [1.29, 1.82) is 0 Å². The fourth-order valence-corrected chi connectivity index (χ4v) is 3.02. The molecule has 106 valence electrons. The van der Waals surface area contributed by atoms with Gasteiger partial charge in [-0.15, -0.1) is 0 Å². The van der Waals surface area contributed by atoms with Crippen LogP contribution in [0, 0.1) is 5.92 Å². The molecule has 2 rings (SSSR count). The molecular formula is C14H28N2O2. The summed E-state index contributed by atoms with van der Waals surface area (Å²) in [6.07, 6.45) is 2.95. The lowest BCUT2D eigenvalue weighted by Gasteiger charge is -2.46. The number of ether oxygens (including phenoxy) is 2. The molecule has 0 aromatic rings. The molecule has 2 fully saturated rings. The van der Waals surface area contributed by atoms with E-state index in [2.05, 4.69) is 24.1 Å². The molecule has 3 atom stereocenters. The summed E-state index contributed by atoms with van der Waals surface area (Å²) in [4.78, 5) is 2.56. The minimum atomic E-state index is 0.180. The van der Waals surface area contributed by atoms with Gasteiger partial charge in [-0.1, -0.05) is 0 Å². The van der Waals surface area contributed by atoms with Crippen LogP contribution in [0.15, 0.2) is 0 Å². The summed E-state index contributed by atoms with van der Waals surface area (Å²) in [6.45, 7) is 8.52. The Bertz CT molecular complexity index is 271. The van der Waals surface area contributed by atoms with Crippen molar-refractivity contribution in [3.8, 4) is 0 Å². The first-order valence-electron chi connectivity index (χ1n) is 7.10. The first kappa shape index (κ1) is 14.3. The minimum Gasteiger partial charge on any atom is -0.382 e. The largest absolute Gasteiger partial charge is 0.382 e. The summed E-state index contributed by atoms with van der Waals surface area (Å²) < 4.78 is 10.7. The maximum atomic E-state index is 5.50. The highest BCUT2D eigenvalue weighted by Gasteiger charge is 2.45. The van der Waals surface area contributed by atoms with Crippen molar-refractivity contribution >= 4 is 0 Å². The van der Waals surface area contributed by atoms with E-state index in [0.717, 1.165) is 25.6 Å². The molecule has 1 aliphatic heterocycles. The van der Waals surface area contributed by atoms with E-state index in [9.17, 15) is 0 Å². The summed E-state index contributed by atoms with van der Waals surface area (Å²) in [7, 11) is 3.51. The van der Waals surface area contributed by atoms with Gasteiger partial charge in [-0.3, -0.25) is 4.90 Å². The van der Waals surface area contributed by atoms with E-state index >= 15 is 0 Å². The first-order valence-corrected chi connectivity index (χ1v) is 7.10. The van der Waals surface area contributed by atoms with Gasteiger partial charge in [0.15, 0.2) is 0 Å². The summed E-state index contributed by atoms with van der Waals surface area (Å²) in [5.41, 5.74) is 0.303. The van der Waals surface area contributed by atoms with Gasteiger partial charge in [-0.2, -0.15) is 0 Å². The molecule has 4 heteroatoms. The zero-order valence-corrected chi connectivity index (χ0v) is 12.2. The van der Waals surface area contributed by atoms with Gasteiger partial charge < -0.3 is 14.8 Å². The third-order valence-corrected chi connectivity index (χ3v) is 4.56. The number of methoxy groups -OCH3 is 2. The second kappa shape index (κ2) is 5.87. The lowest BCUT2D eigenvalue weighted by Crippen LogP contribution is -2.64. The molecule has 3 unspecified atom stereocenters. The average Bonchev–Trinajstić information content (AvgIpc) is 3.18. The van der Waals surface area contributed by atoms with E-state index in [1.54, 1.807) is 14.2 Å². The van der Waals surface area contributed by atoms with Gasteiger partial charge in [-0.05, 0) is 32.6 Å². The van der Waals surface area contributed by atoms with Crippen LogP contribution >= 0.6 is 0 Å². The molecule has 1 N–H and O–H groups in total. The summed E-state index contributed by atoms with van der Waals surface area (Å²) in [6, 6.07) is 0.575. The lowest BCUT2D eigenvalue weighted by atomic mass is 9.91. The zero-order chi connectivity index (χ0) is 13.2. The highest BCUT2D eigenvalue weighted by molar-refractivity contribution is 5.03. The van der Waals surface area contributed by atoms with Crippen molar-refractivity contribution in [3.05, 3.63) is 0 Å². The summed E-state index contributed by atoms with van der Waals surface area (Å²) in [5, 5.41) is 3.75. The molecule has 18 heavy (non-hydrogen) atoms. The van der Waals surface area contributed by atoms with Crippen LogP contribution in [0.2, 0.25) is 0 Å². The van der Waals surface area contributed by atoms with Crippen molar-refractivity contribution in [2.45, 2.75) is 44.4 Å². The van der Waals surface area contributed by atoms with Crippen molar-refractivity contribution in [2.24, 2.45) is 5.92 Å². The SMILES string of the molecule is COCC(CN1CC(C)(C2CC2)NCC1C)OC. The molecule has 0 spiro atoms. The molecular weight excluding hydrogens is 228 g/mol. The Hall–Kier alpha value is -0.160. The molecule has 4 nitrogen and oxygen atoms in total. The van der Waals surface area contributed by atoms with Gasteiger partial charge in [0.05, 0.1) is 12.7 Å². The quantitative estimate of drug-likeness (QED) is 0.772. The van der Waals surface area contributed by atoms with Crippen LogP contribution in [-0.2, 0) is 9.47 Å². The molecule has 0 amide bonds. The lowest BCUT2D eigenvalue weighted by molar-refractivity contribution is -0.0184. The van der Waals surface area contributed by atoms with E-state index in [0.29, 0.717) is 18.2 Å². The zero-order valence-electron chi connectivity index (χ0n) is 12.2. The Kier molecular flexibility index (Phi) is 4.64. The van der Waals surface area contributed by atoms with Crippen LogP contribution in [0.4, 0.5) is 0 Å². The Balaban J connectivity index is 1.92. The van der Waals surface area contributed by atoms with Gasteiger partial charge in [0.2, 0.25) is 0 Å². The van der Waals surface area contributed by atoms with Crippen LogP contribution in [-0.4, -0.2) is 63.0 Å². The topological polar surface area (TPSA) is 33.7 Å². The van der Waals surface area contributed by atoms with Crippen LogP contribution in [0.1, 0.15) is 26.7 Å². The Morgan fingerprint density at radius 3 is 2.67 bits per heavy atom. The van der Waals surface area contributed by atoms with Gasteiger partial charge in [0.25, 0.3) is 0 Å². The molecule has 1 saturated heterocycles. The molecule has 0 radical (unpaired) electrons. The number of piperazine rings is 1. The van der Waals surface area contributed by atoms with Crippen LogP contribution in [0.5, 0.6) is 0 Å². The third kappa shape index (κ3) is 3.23. The van der Waals surface area contributed by atoms with Gasteiger partial charge in [0.1, 0.15) is 0 Å². The summed E-state index contributed by atoms with van der Waals surface area (Å²) in [5.74, 6) is 0.871.